The monoisotopic (exact) mass is 341 g/mol. The van der Waals surface area contributed by atoms with Crippen LogP contribution in [0.5, 0.6) is 5.75 Å². The van der Waals surface area contributed by atoms with E-state index in [2.05, 4.69) is 25.8 Å². The molecule has 1 atom stereocenters. The standard InChI is InChI=1S/C11H8BrN3O3S/c1-18-11-6-5-13-15(8(6)3-2-7(11)12)10-4-9(16)14-19(10)17/h2-5H,1H3,(H,14,16). The number of benzene rings is 1. The van der Waals surface area contributed by atoms with Crippen LogP contribution in [0.2, 0.25) is 0 Å². The normalized spacial score (nSPS) is 18.5. The van der Waals surface area contributed by atoms with Crippen molar-refractivity contribution < 1.29 is 13.7 Å². The second-order valence-electron chi connectivity index (χ2n) is 3.79. The molecule has 1 aromatic carbocycles. The van der Waals surface area contributed by atoms with E-state index in [0.29, 0.717) is 10.8 Å². The predicted octanol–water partition coefficient (Wildman–Crippen LogP) is 1.40. The van der Waals surface area contributed by atoms with E-state index in [4.69, 9.17) is 4.74 Å². The van der Waals surface area contributed by atoms with Gasteiger partial charge in [0.15, 0.2) is 16.0 Å². The number of carbonyl (C=O) groups is 1. The molecule has 0 spiro atoms. The first-order chi connectivity index (χ1) is 9.11. The molecule has 19 heavy (non-hydrogen) atoms. The Bertz CT molecular complexity index is 753. The van der Waals surface area contributed by atoms with Gasteiger partial charge in [0.2, 0.25) is 0 Å². The Morgan fingerprint density at radius 2 is 2.26 bits per heavy atom. The molecule has 2 heterocycles. The number of nitrogens with one attached hydrogen (secondary N) is 1. The molecule has 1 amide bonds. The summed E-state index contributed by atoms with van der Waals surface area (Å²) in [7, 11) is -0.0161. The summed E-state index contributed by atoms with van der Waals surface area (Å²) < 4.78 is 21.6. The zero-order chi connectivity index (χ0) is 13.6. The van der Waals surface area contributed by atoms with Crippen molar-refractivity contribution in [2.45, 2.75) is 0 Å². The van der Waals surface area contributed by atoms with Gasteiger partial charge < -0.3 is 4.74 Å². The number of carbonyl (C=O) groups excluding carboxylic acids is 1. The van der Waals surface area contributed by atoms with Gasteiger partial charge in [0.05, 0.1) is 28.7 Å². The fourth-order valence-corrected chi connectivity index (χ4v) is 3.28. The van der Waals surface area contributed by atoms with E-state index in [9.17, 15) is 9.00 Å². The molecule has 0 bridgehead atoms. The molecule has 1 aliphatic heterocycles. The van der Waals surface area contributed by atoms with Gasteiger partial charge in [0.1, 0.15) is 5.75 Å². The van der Waals surface area contributed by atoms with Crippen LogP contribution < -0.4 is 9.46 Å². The second-order valence-corrected chi connectivity index (χ2v) is 5.80. The topological polar surface area (TPSA) is 73.2 Å². The number of halogens is 1. The fraction of sp³-hybridized carbons (Fsp3) is 0.0909. The van der Waals surface area contributed by atoms with Gasteiger partial charge >= 0.3 is 0 Å². The molecular formula is C11H8BrN3O3S. The van der Waals surface area contributed by atoms with Gasteiger partial charge in [-0.25, -0.2) is 8.89 Å². The summed E-state index contributed by atoms with van der Waals surface area (Å²) in [5.41, 5.74) is 0.719. The van der Waals surface area contributed by atoms with Gasteiger partial charge in [-0.05, 0) is 28.1 Å². The molecule has 8 heteroatoms. The molecule has 0 aliphatic carbocycles. The third-order valence-corrected chi connectivity index (χ3v) is 4.39. The summed E-state index contributed by atoms with van der Waals surface area (Å²) in [5, 5.41) is 5.26. The van der Waals surface area contributed by atoms with E-state index < -0.39 is 11.0 Å². The van der Waals surface area contributed by atoms with Gasteiger partial charge in [-0.15, -0.1) is 0 Å². The maximum Gasteiger partial charge on any atom is 0.258 e. The fourth-order valence-electron chi connectivity index (χ4n) is 1.91. The van der Waals surface area contributed by atoms with Crippen LogP contribution in [0.25, 0.3) is 15.9 Å². The highest BCUT2D eigenvalue weighted by atomic mass is 79.9. The van der Waals surface area contributed by atoms with Crippen molar-refractivity contribution in [3.63, 3.8) is 0 Å². The van der Waals surface area contributed by atoms with Crippen LogP contribution >= 0.6 is 15.9 Å². The summed E-state index contributed by atoms with van der Waals surface area (Å²) in [6.07, 6.45) is 2.89. The van der Waals surface area contributed by atoms with Crippen molar-refractivity contribution in [3.8, 4) is 5.75 Å². The third-order valence-electron chi connectivity index (χ3n) is 2.71. The maximum atomic E-state index is 11.8. The van der Waals surface area contributed by atoms with Crippen molar-refractivity contribution in [1.82, 2.24) is 14.5 Å². The quantitative estimate of drug-likeness (QED) is 0.895. The summed E-state index contributed by atoms with van der Waals surface area (Å²) in [6.45, 7) is 0. The maximum absolute atomic E-state index is 11.8. The number of rotatable bonds is 2. The number of hydrogen-bond acceptors (Lipinski definition) is 4. The first-order valence-corrected chi connectivity index (χ1v) is 7.21. The lowest BCUT2D eigenvalue weighted by Crippen LogP contribution is -2.17. The largest absolute Gasteiger partial charge is 0.495 e. The smallest absolute Gasteiger partial charge is 0.258 e. The number of methoxy groups -OCH3 is 1. The van der Waals surface area contributed by atoms with E-state index in [-0.39, 0.29) is 5.91 Å². The Hall–Kier alpha value is -1.67. The summed E-state index contributed by atoms with van der Waals surface area (Å²) in [4.78, 5) is 11.2. The molecule has 1 aliphatic rings. The Balaban J connectivity index is 2.25. The molecule has 0 fully saturated rings. The molecule has 1 unspecified atom stereocenters. The lowest BCUT2D eigenvalue weighted by Gasteiger charge is -2.06. The van der Waals surface area contributed by atoms with Gasteiger partial charge in [0, 0.05) is 6.08 Å². The van der Waals surface area contributed by atoms with E-state index in [1.165, 1.54) is 10.8 Å². The van der Waals surface area contributed by atoms with E-state index in [1.54, 1.807) is 13.3 Å². The number of fused-ring (bicyclic) bond motifs is 1. The zero-order valence-corrected chi connectivity index (χ0v) is 12.1. The van der Waals surface area contributed by atoms with Gasteiger partial charge in [-0.3, -0.25) is 9.52 Å². The van der Waals surface area contributed by atoms with Gasteiger partial charge in [-0.2, -0.15) is 5.10 Å². The molecule has 3 rings (SSSR count). The minimum absolute atomic E-state index is 0.310. The minimum atomic E-state index is -1.58. The van der Waals surface area contributed by atoms with Crippen LogP contribution in [-0.2, 0) is 15.8 Å². The van der Waals surface area contributed by atoms with Crippen LogP contribution in [-0.4, -0.2) is 27.0 Å². The van der Waals surface area contributed by atoms with Gasteiger partial charge in [0.25, 0.3) is 5.91 Å². The Morgan fingerprint density at radius 1 is 1.47 bits per heavy atom. The van der Waals surface area contributed by atoms with Crippen molar-refractivity contribution in [2.24, 2.45) is 0 Å². The highest BCUT2D eigenvalue weighted by Crippen LogP contribution is 2.34. The highest BCUT2D eigenvalue weighted by Gasteiger charge is 2.24. The van der Waals surface area contributed by atoms with Crippen molar-refractivity contribution in [3.05, 3.63) is 28.9 Å². The van der Waals surface area contributed by atoms with E-state index in [0.717, 1.165) is 15.4 Å². The molecular weight excluding hydrogens is 334 g/mol. The second kappa shape index (κ2) is 4.46. The Morgan fingerprint density at radius 3 is 2.89 bits per heavy atom. The highest BCUT2D eigenvalue weighted by molar-refractivity contribution is 9.10. The molecule has 1 aromatic heterocycles. The Labute approximate surface area is 119 Å². The summed E-state index contributed by atoms with van der Waals surface area (Å²) in [5.74, 6) is 0.258. The SMILES string of the molecule is COc1c(Br)ccc2c1cnn2C1=CC(=O)NS1=O. The Kier molecular flexibility index (Phi) is 2.90. The van der Waals surface area contributed by atoms with Gasteiger partial charge in [-0.1, -0.05) is 0 Å². The number of ether oxygens (including phenoxy) is 1. The molecule has 1 N–H and O–H groups in total. The number of nitrogens with zero attached hydrogens (tertiary/aromatic N) is 2. The van der Waals surface area contributed by atoms with Crippen LogP contribution in [0.15, 0.2) is 28.9 Å². The van der Waals surface area contributed by atoms with Crippen LogP contribution in [0.1, 0.15) is 0 Å². The number of hydrogen-bond donors (Lipinski definition) is 1. The first-order valence-electron chi connectivity index (χ1n) is 5.26. The average Bonchev–Trinajstić information content (AvgIpc) is 2.92. The van der Waals surface area contributed by atoms with Crippen molar-refractivity contribution in [1.29, 1.82) is 0 Å². The molecule has 6 nitrogen and oxygen atoms in total. The first kappa shape index (κ1) is 12.4. The minimum Gasteiger partial charge on any atom is -0.495 e. The molecule has 0 saturated heterocycles. The zero-order valence-electron chi connectivity index (χ0n) is 9.71. The van der Waals surface area contributed by atoms with Crippen molar-refractivity contribution >= 4 is 48.8 Å². The lowest BCUT2D eigenvalue weighted by molar-refractivity contribution is -0.114. The predicted molar refractivity (Wildman–Crippen MR) is 74.5 cm³/mol. The van der Waals surface area contributed by atoms with Crippen molar-refractivity contribution in [2.75, 3.05) is 7.11 Å². The summed E-state index contributed by atoms with van der Waals surface area (Å²) in [6, 6.07) is 3.63. The third kappa shape index (κ3) is 1.87. The lowest BCUT2D eigenvalue weighted by atomic mass is 10.2. The number of amides is 1. The van der Waals surface area contributed by atoms with Crippen LogP contribution in [0, 0.1) is 0 Å². The molecule has 2 aromatic rings. The molecule has 0 radical (unpaired) electrons. The number of aromatic nitrogens is 2. The molecule has 98 valence electrons. The summed E-state index contributed by atoms with van der Waals surface area (Å²) >= 11 is 3.39. The van der Waals surface area contributed by atoms with E-state index >= 15 is 0 Å². The molecule has 0 saturated carbocycles. The van der Waals surface area contributed by atoms with E-state index in [1.807, 2.05) is 12.1 Å². The average molecular weight is 342 g/mol. The van der Waals surface area contributed by atoms with Crippen LogP contribution in [0.4, 0.5) is 0 Å². The van der Waals surface area contributed by atoms with Crippen LogP contribution in [0.3, 0.4) is 0 Å².